The quantitative estimate of drug-likeness (QED) is 0.806. The number of hydrogen-bond donors (Lipinski definition) is 1. The molecule has 2 rings (SSSR count). The molecule has 0 unspecified atom stereocenters. The third-order valence-corrected chi connectivity index (χ3v) is 2.70. The number of esters is 1. The maximum atomic E-state index is 11.7. The maximum absolute atomic E-state index is 11.7. The van der Waals surface area contributed by atoms with E-state index in [2.05, 4.69) is 0 Å². The maximum Gasteiger partial charge on any atom is 0.342 e. The van der Waals surface area contributed by atoms with Crippen LogP contribution in [0.1, 0.15) is 22.8 Å². The van der Waals surface area contributed by atoms with Crippen molar-refractivity contribution < 1.29 is 14.6 Å². The molecule has 2 aromatic carbocycles. The molecule has 0 aliphatic carbocycles. The number of hydrogen-bond acceptors (Lipinski definition) is 3. The van der Waals surface area contributed by atoms with Crippen molar-refractivity contribution in [2.75, 3.05) is 6.61 Å². The summed E-state index contributed by atoms with van der Waals surface area (Å²) >= 11 is 0. The van der Waals surface area contributed by atoms with Gasteiger partial charge in [0.2, 0.25) is 0 Å². The standard InChI is InChI=1S/C14H14O3/c1-3-17-14(16)12-9(2)8-10-6-4-5-7-11(10)13(12)15/h4-8,15H,3H2,1-2H3. The van der Waals surface area contributed by atoms with Gasteiger partial charge in [0, 0.05) is 5.39 Å². The summed E-state index contributed by atoms with van der Waals surface area (Å²) in [6.45, 7) is 3.83. The first-order valence-corrected chi connectivity index (χ1v) is 5.53. The molecule has 0 aliphatic heterocycles. The number of phenols is 1. The Morgan fingerprint density at radius 1 is 1.35 bits per heavy atom. The van der Waals surface area contributed by atoms with Crippen molar-refractivity contribution in [1.29, 1.82) is 0 Å². The van der Waals surface area contributed by atoms with E-state index in [1.807, 2.05) is 24.3 Å². The zero-order valence-corrected chi connectivity index (χ0v) is 9.86. The smallest absolute Gasteiger partial charge is 0.342 e. The topological polar surface area (TPSA) is 46.5 Å². The second-order valence-corrected chi connectivity index (χ2v) is 3.86. The number of fused-ring (bicyclic) bond motifs is 1. The van der Waals surface area contributed by atoms with Crippen LogP contribution in [0.5, 0.6) is 5.75 Å². The molecule has 0 atom stereocenters. The Morgan fingerprint density at radius 2 is 2.06 bits per heavy atom. The zero-order valence-electron chi connectivity index (χ0n) is 9.86. The van der Waals surface area contributed by atoms with E-state index in [1.165, 1.54) is 0 Å². The number of carbonyl (C=O) groups is 1. The molecule has 0 aliphatic rings. The predicted octanol–water partition coefficient (Wildman–Crippen LogP) is 3.03. The van der Waals surface area contributed by atoms with Gasteiger partial charge in [-0.1, -0.05) is 30.3 Å². The van der Waals surface area contributed by atoms with Crippen LogP contribution in [-0.4, -0.2) is 17.7 Å². The van der Waals surface area contributed by atoms with E-state index < -0.39 is 5.97 Å². The van der Waals surface area contributed by atoms with Crippen LogP contribution in [0.15, 0.2) is 30.3 Å². The van der Waals surface area contributed by atoms with Crippen molar-refractivity contribution in [2.45, 2.75) is 13.8 Å². The molecule has 0 fully saturated rings. The van der Waals surface area contributed by atoms with E-state index in [-0.39, 0.29) is 11.3 Å². The van der Waals surface area contributed by atoms with Crippen LogP contribution >= 0.6 is 0 Å². The summed E-state index contributed by atoms with van der Waals surface area (Å²) in [5, 5.41) is 11.7. The summed E-state index contributed by atoms with van der Waals surface area (Å²) in [6, 6.07) is 9.28. The number of ether oxygens (including phenoxy) is 1. The van der Waals surface area contributed by atoms with Gasteiger partial charge in [-0.05, 0) is 24.8 Å². The Labute approximate surface area is 99.6 Å². The summed E-state index contributed by atoms with van der Waals surface area (Å²) in [5.74, 6) is -0.479. The number of rotatable bonds is 2. The molecule has 17 heavy (non-hydrogen) atoms. The van der Waals surface area contributed by atoms with E-state index in [1.54, 1.807) is 19.9 Å². The fraction of sp³-hybridized carbons (Fsp3) is 0.214. The molecule has 1 N–H and O–H groups in total. The second-order valence-electron chi connectivity index (χ2n) is 3.86. The molecule has 0 saturated carbocycles. The van der Waals surface area contributed by atoms with E-state index in [0.29, 0.717) is 12.0 Å². The Balaban J connectivity index is 2.67. The summed E-state index contributed by atoms with van der Waals surface area (Å²) in [5.41, 5.74) is 0.977. The van der Waals surface area contributed by atoms with Crippen molar-refractivity contribution in [3.8, 4) is 5.75 Å². The van der Waals surface area contributed by atoms with Crippen molar-refractivity contribution in [3.05, 3.63) is 41.5 Å². The molecular weight excluding hydrogens is 216 g/mol. The van der Waals surface area contributed by atoms with Gasteiger partial charge >= 0.3 is 5.97 Å². The molecule has 88 valence electrons. The van der Waals surface area contributed by atoms with Crippen molar-refractivity contribution in [1.82, 2.24) is 0 Å². The van der Waals surface area contributed by atoms with Crippen LogP contribution in [0.2, 0.25) is 0 Å². The minimum Gasteiger partial charge on any atom is -0.506 e. The van der Waals surface area contributed by atoms with Gasteiger partial charge in [-0.25, -0.2) is 4.79 Å². The average molecular weight is 230 g/mol. The van der Waals surface area contributed by atoms with E-state index in [0.717, 1.165) is 10.9 Å². The molecule has 3 heteroatoms. The van der Waals surface area contributed by atoms with Gasteiger partial charge in [-0.2, -0.15) is 0 Å². The Kier molecular flexibility index (Phi) is 3.00. The molecule has 2 aromatic rings. The summed E-state index contributed by atoms with van der Waals surface area (Å²) in [6.07, 6.45) is 0. The normalized spacial score (nSPS) is 10.5. The highest BCUT2D eigenvalue weighted by Crippen LogP contribution is 2.31. The fourth-order valence-electron chi connectivity index (χ4n) is 1.93. The van der Waals surface area contributed by atoms with Crippen molar-refractivity contribution >= 4 is 16.7 Å². The molecule has 3 nitrogen and oxygen atoms in total. The highest BCUT2D eigenvalue weighted by Gasteiger charge is 2.17. The highest BCUT2D eigenvalue weighted by molar-refractivity contribution is 6.02. The molecule has 0 aromatic heterocycles. The lowest BCUT2D eigenvalue weighted by atomic mass is 10.0. The molecule has 0 saturated heterocycles. The van der Waals surface area contributed by atoms with Crippen LogP contribution in [0.3, 0.4) is 0 Å². The van der Waals surface area contributed by atoms with E-state index in [4.69, 9.17) is 4.74 Å². The summed E-state index contributed by atoms with van der Waals surface area (Å²) in [7, 11) is 0. The first-order valence-electron chi connectivity index (χ1n) is 5.53. The molecule has 0 heterocycles. The van der Waals surface area contributed by atoms with Gasteiger partial charge in [-0.3, -0.25) is 0 Å². The summed E-state index contributed by atoms with van der Waals surface area (Å²) < 4.78 is 4.94. The first kappa shape index (κ1) is 11.5. The third kappa shape index (κ3) is 1.96. The van der Waals surface area contributed by atoms with Gasteiger partial charge in [0.25, 0.3) is 0 Å². The molecule has 0 bridgehead atoms. The van der Waals surface area contributed by atoms with Crippen molar-refractivity contribution in [3.63, 3.8) is 0 Å². The Morgan fingerprint density at radius 3 is 2.76 bits per heavy atom. The zero-order chi connectivity index (χ0) is 12.4. The monoisotopic (exact) mass is 230 g/mol. The minimum atomic E-state index is -0.478. The van der Waals surface area contributed by atoms with Gasteiger partial charge < -0.3 is 9.84 Å². The van der Waals surface area contributed by atoms with Gasteiger partial charge in [-0.15, -0.1) is 0 Å². The van der Waals surface area contributed by atoms with E-state index >= 15 is 0 Å². The molecule has 0 radical (unpaired) electrons. The lowest BCUT2D eigenvalue weighted by Crippen LogP contribution is -2.07. The lowest BCUT2D eigenvalue weighted by Gasteiger charge is -2.10. The highest BCUT2D eigenvalue weighted by atomic mass is 16.5. The number of benzene rings is 2. The summed E-state index contributed by atoms with van der Waals surface area (Å²) in [4.78, 5) is 11.7. The molecule has 0 spiro atoms. The largest absolute Gasteiger partial charge is 0.506 e. The first-order chi connectivity index (χ1) is 8.15. The molecular formula is C14H14O3. The van der Waals surface area contributed by atoms with Crippen molar-refractivity contribution in [2.24, 2.45) is 0 Å². The van der Waals surface area contributed by atoms with Crippen LogP contribution in [0, 0.1) is 6.92 Å². The number of phenolic OH excluding ortho intramolecular Hbond substituents is 1. The van der Waals surface area contributed by atoms with Crippen LogP contribution in [0.25, 0.3) is 10.8 Å². The van der Waals surface area contributed by atoms with Crippen LogP contribution in [-0.2, 0) is 4.74 Å². The van der Waals surface area contributed by atoms with E-state index in [9.17, 15) is 9.90 Å². The Bertz CT molecular complexity index is 573. The predicted molar refractivity (Wildman–Crippen MR) is 66.3 cm³/mol. The van der Waals surface area contributed by atoms with Crippen LogP contribution in [0.4, 0.5) is 0 Å². The third-order valence-electron chi connectivity index (χ3n) is 2.70. The fourth-order valence-corrected chi connectivity index (χ4v) is 1.93. The second kappa shape index (κ2) is 4.45. The van der Waals surface area contributed by atoms with Gasteiger partial charge in [0.15, 0.2) is 0 Å². The van der Waals surface area contributed by atoms with Gasteiger partial charge in [0.1, 0.15) is 11.3 Å². The average Bonchev–Trinajstić information content (AvgIpc) is 2.29. The molecule has 0 amide bonds. The number of aromatic hydroxyl groups is 1. The Hall–Kier alpha value is -2.03. The number of aryl methyl sites for hydroxylation is 1. The minimum absolute atomic E-state index is 0.000880. The van der Waals surface area contributed by atoms with Crippen LogP contribution < -0.4 is 0 Å². The number of carbonyl (C=O) groups excluding carboxylic acids is 1. The lowest BCUT2D eigenvalue weighted by molar-refractivity contribution is 0.0522. The van der Waals surface area contributed by atoms with Gasteiger partial charge in [0.05, 0.1) is 6.61 Å². The SMILES string of the molecule is CCOC(=O)c1c(C)cc2ccccc2c1O.